The molecule has 148 valence electrons. The van der Waals surface area contributed by atoms with Crippen LogP contribution in [0.3, 0.4) is 0 Å². The maximum Gasteiger partial charge on any atom is 0.262 e. The van der Waals surface area contributed by atoms with E-state index in [0.717, 1.165) is 22.4 Å². The number of rotatable bonds is 5. The molecule has 0 aliphatic carbocycles. The van der Waals surface area contributed by atoms with E-state index in [0.29, 0.717) is 11.7 Å². The summed E-state index contributed by atoms with van der Waals surface area (Å²) in [6, 6.07) is 16.1. The molecule has 1 aromatic heterocycles. The van der Waals surface area contributed by atoms with Crippen LogP contribution in [-0.4, -0.2) is 20.8 Å². The van der Waals surface area contributed by atoms with Crippen LogP contribution in [0, 0.1) is 13.8 Å². The summed E-state index contributed by atoms with van der Waals surface area (Å²) in [7, 11) is 0. The standard InChI is InChI=1S/C22H23N5OS/c1-16-8-10-20(17(2)12-16)24-22(29)26-25-21(28)11-9-19-13-23-27(15-19)14-18-6-4-3-5-7-18/h3-13,15H,14H2,1-2H3,(H,25,28)(H2,24,26,29). The highest BCUT2D eigenvalue weighted by Gasteiger charge is 2.03. The van der Waals surface area contributed by atoms with Crippen molar-refractivity contribution in [1.29, 1.82) is 0 Å². The Hall–Kier alpha value is -3.45. The average Bonchev–Trinajstić information content (AvgIpc) is 3.15. The Morgan fingerprint density at radius 1 is 1.14 bits per heavy atom. The summed E-state index contributed by atoms with van der Waals surface area (Å²) in [5, 5.41) is 7.69. The molecule has 2 aromatic carbocycles. The minimum Gasteiger partial charge on any atom is -0.331 e. The second-order valence-electron chi connectivity index (χ2n) is 6.68. The van der Waals surface area contributed by atoms with E-state index in [1.54, 1.807) is 12.3 Å². The van der Waals surface area contributed by atoms with Gasteiger partial charge in [0.15, 0.2) is 5.11 Å². The van der Waals surface area contributed by atoms with Gasteiger partial charge in [0.25, 0.3) is 5.91 Å². The van der Waals surface area contributed by atoms with Crippen molar-refractivity contribution in [2.45, 2.75) is 20.4 Å². The van der Waals surface area contributed by atoms with Gasteiger partial charge in [-0.25, -0.2) is 0 Å². The Kier molecular flexibility index (Phi) is 6.76. The number of thiocarbonyl (C=S) groups is 1. The lowest BCUT2D eigenvalue weighted by Crippen LogP contribution is -2.43. The molecule has 7 heteroatoms. The van der Waals surface area contributed by atoms with Gasteiger partial charge in [-0.15, -0.1) is 0 Å². The number of carbonyl (C=O) groups excluding carboxylic acids is 1. The van der Waals surface area contributed by atoms with Crippen LogP contribution in [0.2, 0.25) is 0 Å². The molecule has 0 fully saturated rings. The van der Waals surface area contributed by atoms with Crippen LogP contribution in [0.15, 0.2) is 67.0 Å². The van der Waals surface area contributed by atoms with Gasteiger partial charge in [0.05, 0.1) is 12.7 Å². The lowest BCUT2D eigenvalue weighted by molar-refractivity contribution is -0.116. The van der Waals surface area contributed by atoms with Gasteiger partial charge < -0.3 is 5.32 Å². The molecule has 0 saturated heterocycles. The highest BCUT2D eigenvalue weighted by Crippen LogP contribution is 2.15. The van der Waals surface area contributed by atoms with E-state index >= 15 is 0 Å². The highest BCUT2D eigenvalue weighted by atomic mass is 32.1. The average molecular weight is 406 g/mol. The number of aryl methyl sites for hydroxylation is 2. The van der Waals surface area contributed by atoms with Gasteiger partial charge in [-0.1, -0.05) is 48.0 Å². The summed E-state index contributed by atoms with van der Waals surface area (Å²) in [6.07, 6.45) is 6.73. The van der Waals surface area contributed by atoms with Crippen LogP contribution in [0.1, 0.15) is 22.3 Å². The van der Waals surface area contributed by atoms with Crippen LogP contribution in [0.4, 0.5) is 5.69 Å². The smallest absolute Gasteiger partial charge is 0.262 e. The molecule has 0 aliphatic rings. The van der Waals surface area contributed by atoms with Crippen LogP contribution >= 0.6 is 12.2 Å². The molecule has 1 heterocycles. The quantitative estimate of drug-likeness (QED) is 0.344. The van der Waals surface area contributed by atoms with Gasteiger partial charge >= 0.3 is 0 Å². The number of hydrogen-bond donors (Lipinski definition) is 3. The van der Waals surface area contributed by atoms with Gasteiger partial charge in [0.1, 0.15) is 0 Å². The first-order valence-corrected chi connectivity index (χ1v) is 9.59. The number of nitrogens with one attached hydrogen (secondary N) is 3. The number of benzene rings is 2. The minimum absolute atomic E-state index is 0.314. The molecule has 0 saturated carbocycles. The van der Waals surface area contributed by atoms with Crippen molar-refractivity contribution in [1.82, 2.24) is 20.6 Å². The predicted molar refractivity (Wildman–Crippen MR) is 120 cm³/mol. The lowest BCUT2D eigenvalue weighted by atomic mass is 10.1. The molecule has 0 radical (unpaired) electrons. The van der Waals surface area contributed by atoms with Crippen molar-refractivity contribution in [3.8, 4) is 0 Å². The topological polar surface area (TPSA) is 71.0 Å². The highest BCUT2D eigenvalue weighted by molar-refractivity contribution is 7.80. The van der Waals surface area contributed by atoms with Crippen LogP contribution < -0.4 is 16.2 Å². The number of anilines is 1. The Balaban J connectivity index is 1.46. The fourth-order valence-corrected chi connectivity index (χ4v) is 2.92. The Labute approximate surface area is 175 Å². The third-order valence-corrected chi connectivity index (χ3v) is 4.40. The van der Waals surface area contributed by atoms with E-state index in [-0.39, 0.29) is 5.91 Å². The number of nitrogens with zero attached hydrogens (tertiary/aromatic N) is 2. The fraction of sp³-hybridized carbons (Fsp3) is 0.136. The van der Waals surface area contributed by atoms with E-state index in [9.17, 15) is 4.79 Å². The molecule has 1 amide bonds. The van der Waals surface area contributed by atoms with Gasteiger partial charge in [0.2, 0.25) is 0 Å². The SMILES string of the molecule is Cc1ccc(NC(=S)NNC(=O)C=Cc2cnn(Cc3ccccc3)c2)c(C)c1. The maximum atomic E-state index is 12.0. The summed E-state index contributed by atoms with van der Waals surface area (Å²) >= 11 is 5.22. The molecular weight excluding hydrogens is 382 g/mol. The van der Waals surface area contributed by atoms with E-state index in [2.05, 4.69) is 27.3 Å². The first-order chi connectivity index (χ1) is 14.0. The number of carbonyl (C=O) groups is 1. The van der Waals surface area contributed by atoms with Crippen molar-refractivity contribution >= 4 is 35.0 Å². The van der Waals surface area contributed by atoms with E-state index in [4.69, 9.17) is 12.2 Å². The van der Waals surface area contributed by atoms with Crippen molar-refractivity contribution in [2.24, 2.45) is 0 Å². The molecule has 0 aliphatic heterocycles. The summed E-state index contributed by atoms with van der Waals surface area (Å²) in [5.41, 5.74) is 10.4. The molecule has 3 N–H and O–H groups in total. The normalized spacial score (nSPS) is 10.7. The Morgan fingerprint density at radius 3 is 2.69 bits per heavy atom. The van der Waals surface area contributed by atoms with Crippen LogP contribution in [0.25, 0.3) is 6.08 Å². The van der Waals surface area contributed by atoms with E-state index in [1.807, 2.05) is 67.2 Å². The lowest BCUT2D eigenvalue weighted by Gasteiger charge is -2.12. The van der Waals surface area contributed by atoms with Crippen molar-refractivity contribution in [3.63, 3.8) is 0 Å². The second kappa shape index (κ2) is 9.66. The number of aromatic nitrogens is 2. The molecular formula is C22H23N5OS. The maximum absolute atomic E-state index is 12.0. The van der Waals surface area contributed by atoms with Gasteiger partial charge in [-0.3, -0.25) is 20.3 Å². The third-order valence-electron chi connectivity index (χ3n) is 4.20. The van der Waals surface area contributed by atoms with E-state index in [1.165, 1.54) is 11.6 Å². The summed E-state index contributed by atoms with van der Waals surface area (Å²) < 4.78 is 1.83. The van der Waals surface area contributed by atoms with Crippen molar-refractivity contribution in [2.75, 3.05) is 5.32 Å². The molecule has 3 aromatic rings. The first kappa shape index (κ1) is 20.3. The molecule has 3 rings (SSSR count). The zero-order chi connectivity index (χ0) is 20.6. The van der Waals surface area contributed by atoms with E-state index < -0.39 is 0 Å². The zero-order valence-corrected chi connectivity index (χ0v) is 17.2. The second-order valence-corrected chi connectivity index (χ2v) is 7.09. The Morgan fingerprint density at radius 2 is 1.93 bits per heavy atom. The monoisotopic (exact) mass is 405 g/mol. The zero-order valence-electron chi connectivity index (χ0n) is 16.3. The Bertz CT molecular complexity index is 1030. The van der Waals surface area contributed by atoms with Gasteiger partial charge in [-0.2, -0.15) is 5.10 Å². The fourth-order valence-electron chi connectivity index (χ4n) is 2.76. The predicted octanol–water partition coefficient (Wildman–Crippen LogP) is 3.58. The minimum atomic E-state index is -0.314. The molecule has 0 atom stereocenters. The molecule has 0 bridgehead atoms. The third kappa shape index (κ3) is 6.29. The summed E-state index contributed by atoms with van der Waals surface area (Å²) in [6.45, 7) is 4.71. The molecule has 6 nitrogen and oxygen atoms in total. The molecule has 0 spiro atoms. The largest absolute Gasteiger partial charge is 0.331 e. The summed E-state index contributed by atoms with van der Waals surface area (Å²) in [4.78, 5) is 12.0. The number of hydrogen-bond acceptors (Lipinski definition) is 3. The van der Waals surface area contributed by atoms with Crippen LogP contribution in [-0.2, 0) is 11.3 Å². The number of hydrazine groups is 1. The van der Waals surface area contributed by atoms with Crippen LogP contribution in [0.5, 0.6) is 0 Å². The summed E-state index contributed by atoms with van der Waals surface area (Å²) in [5.74, 6) is -0.314. The van der Waals surface area contributed by atoms with Gasteiger partial charge in [-0.05, 0) is 49.3 Å². The first-order valence-electron chi connectivity index (χ1n) is 9.18. The molecule has 29 heavy (non-hydrogen) atoms. The van der Waals surface area contributed by atoms with Gasteiger partial charge in [0, 0.05) is 23.5 Å². The number of amides is 1. The molecule has 0 unspecified atom stereocenters. The van der Waals surface area contributed by atoms with Crippen molar-refractivity contribution in [3.05, 3.63) is 89.3 Å². The van der Waals surface area contributed by atoms with Crippen molar-refractivity contribution < 1.29 is 4.79 Å².